The van der Waals surface area contributed by atoms with Crippen molar-refractivity contribution in [2.45, 2.75) is 16.9 Å². The molecule has 2 aliphatic heterocycles. The monoisotopic (exact) mass is 780 g/mol. The first-order valence-corrected chi connectivity index (χ1v) is 18.7. The summed E-state index contributed by atoms with van der Waals surface area (Å²) in [6, 6.07) is 46.7. The number of benzene rings is 6. The van der Waals surface area contributed by atoms with Gasteiger partial charge in [0.25, 0.3) is 0 Å². The van der Waals surface area contributed by atoms with Gasteiger partial charge >= 0.3 is 0 Å². The molecular weight excluding hydrogens is 743 g/mol. The van der Waals surface area contributed by atoms with Crippen molar-refractivity contribution in [3.05, 3.63) is 189 Å². The number of hydrogen-bond acceptors (Lipinski definition) is 8. The number of hydrogen-bond donors (Lipinski definition) is 1. The topological polar surface area (TPSA) is 86.0 Å². The summed E-state index contributed by atoms with van der Waals surface area (Å²) in [7, 11) is 6.59. The highest BCUT2D eigenvalue weighted by Crippen LogP contribution is 2.58. The molecule has 6 aromatic rings. The molecule has 0 amide bonds. The van der Waals surface area contributed by atoms with Crippen molar-refractivity contribution < 1.29 is 18.9 Å². The van der Waals surface area contributed by atoms with E-state index in [1.807, 2.05) is 133 Å². The standard InChI is InChI=1S/C46H38Cl2N4O4/c1-53-34-17-9-13-30(25-34)42-29-49-45(50-42,38-21-5-7-23-40(38)47)46(39-22-6-8-24-41(39)48)51-43(31-14-10-18-35(26-31)54-2)44(52-46,32-15-11-19-36(27-32)55-3)33-16-12-20-37(28-33)56-4/h5-29,52H,1-4H3. The molecule has 2 unspecified atom stereocenters. The lowest BCUT2D eigenvalue weighted by Crippen LogP contribution is -2.59. The van der Waals surface area contributed by atoms with Crippen LogP contribution >= 0.6 is 23.2 Å². The van der Waals surface area contributed by atoms with Gasteiger partial charge in [-0.15, -0.1) is 0 Å². The Morgan fingerprint density at radius 3 is 1.54 bits per heavy atom. The van der Waals surface area contributed by atoms with E-state index in [0.29, 0.717) is 55.6 Å². The van der Waals surface area contributed by atoms with Crippen molar-refractivity contribution in [1.82, 2.24) is 5.32 Å². The maximum atomic E-state index is 7.36. The summed E-state index contributed by atoms with van der Waals surface area (Å²) in [4.78, 5) is 16.9. The van der Waals surface area contributed by atoms with Gasteiger partial charge in [-0.2, -0.15) is 0 Å². The van der Waals surface area contributed by atoms with Crippen LogP contribution in [0.3, 0.4) is 0 Å². The lowest BCUT2D eigenvalue weighted by atomic mass is 9.75. The highest BCUT2D eigenvalue weighted by atomic mass is 35.5. The third-order valence-corrected chi connectivity index (χ3v) is 11.0. The first-order valence-electron chi connectivity index (χ1n) is 17.9. The molecule has 8 nitrogen and oxygen atoms in total. The Bertz CT molecular complexity index is 2490. The Balaban J connectivity index is 1.56. The lowest BCUT2D eigenvalue weighted by Gasteiger charge is -2.44. The maximum Gasteiger partial charge on any atom is 0.220 e. The van der Waals surface area contributed by atoms with Crippen LogP contribution in [0, 0.1) is 0 Å². The van der Waals surface area contributed by atoms with Gasteiger partial charge in [-0.05, 0) is 71.8 Å². The van der Waals surface area contributed by atoms with Crippen molar-refractivity contribution >= 4 is 40.8 Å². The fourth-order valence-corrected chi connectivity index (χ4v) is 8.28. The van der Waals surface area contributed by atoms with Gasteiger partial charge in [0.1, 0.15) is 28.5 Å². The molecule has 0 radical (unpaired) electrons. The van der Waals surface area contributed by atoms with Crippen molar-refractivity contribution in [2.75, 3.05) is 28.4 Å². The normalized spacial score (nSPS) is 19.6. The van der Waals surface area contributed by atoms with E-state index in [4.69, 9.17) is 57.1 Å². The van der Waals surface area contributed by atoms with Crippen LogP contribution in [0.4, 0.5) is 0 Å². The summed E-state index contributed by atoms with van der Waals surface area (Å²) in [5.41, 5.74) is 1.36. The molecule has 1 N–H and O–H groups in total. The van der Waals surface area contributed by atoms with Crippen molar-refractivity contribution in [1.29, 1.82) is 0 Å². The second-order valence-corrected chi connectivity index (χ2v) is 14.2. The van der Waals surface area contributed by atoms with E-state index in [0.717, 1.165) is 22.3 Å². The van der Waals surface area contributed by atoms with Gasteiger partial charge in [-0.3, -0.25) is 15.3 Å². The van der Waals surface area contributed by atoms with Gasteiger partial charge in [0, 0.05) is 32.3 Å². The van der Waals surface area contributed by atoms with Crippen LogP contribution < -0.4 is 24.3 Å². The molecule has 0 saturated heterocycles. The smallest absolute Gasteiger partial charge is 0.220 e. The minimum absolute atomic E-state index is 0.451. The highest BCUT2D eigenvalue weighted by Gasteiger charge is 2.65. The predicted octanol–water partition coefficient (Wildman–Crippen LogP) is 9.64. The first kappa shape index (κ1) is 37.0. The minimum atomic E-state index is -1.57. The number of ether oxygens (including phenoxy) is 4. The van der Waals surface area contributed by atoms with Crippen molar-refractivity contribution in [2.24, 2.45) is 15.0 Å². The largest absolute Gasteiger partial charge is 0.497 e. The van der Waals surface area contributed by atoms with Crippen molar-refractivity contribution in [3.8, 4) is 23.0 Å². The molecule has 6 aromatic carbocycles. The Morgan fingerprint density at radius 2 is 0.982 bits per heavy atom. The average Bonchev–Trinajstić information content (AvgIpc) is 3.88. The van der Waals surface area contributed by atoms with Crippen LogP contribution in [-0.2, 0) is 16.9 Å². The van der Waals surface area contributed by atoms with Gasteiger partial charge < -0.3 is 18.9 Å². The van der Waals surface area contributed by atoms with Crippen molar-refractivity contribution in [3.63, 3.8) is 0 Å². The molecule has 8 rings (SSSR count). The number of rotatable bonds is 11. The van der Waals surface area contributed by atoms with E-state index >= 15 is 0 Å². The number of halogens is 2. The van der Waals surface area contributed by atoms with Gasteiger partial charge in [-0.25, -0.2) is 4.99 Å². The first-order chi connectivity index (χ1) is 27.3. The molecule has 0 aliphatic carbocycles. The number of nitrogens with one attached hydrogen (secondary N) is 1. The lowest BCUT2D eigenvalue weighted by molar-refractivity contribution is 0.180. The minimum Gasteiger partial charge on any atom is -0.497 e. The van der Waals surface area contributed by atoms with Crippen LogP contribution in [0.2, 0.25) is 10.0 Å². The highest BCUT2D eigenvalue weighted by molar-refractivity contribution is 6.40. The Morgan fingerprint density at radius 1 is 0.500 bits per heavy atom. The zero-order chi connectivity index (χ0) is 38.9. The van der Waals surface area contributed by atoms with E-state index in [9.17, 15) is 0 Å². The number of methoxy groups -OCH3 is 4. The molecular formula is C46H38Cl2N4O4. The molecule has 2 aliphatic rings. The zero-order valence-electron chi connectivity index (χ0n) is 31.2. The van der Waals surface area contributed by atoms with E-state index in [2.05, 4.69) is 17.4 Å². The fourth-order valence-electron chi connectivity index (χ4n) is 7.74. The van der Waals surface area contributed by atoms with Crippen LogP contribution in [0.25, 0.3) is 0 Å². The molecule has 0 spiro atoms. The molecule has 280 valence electrons. The summed E-state index contributed by atoms with van der Waals surface area (Å²) in [6.07, 6.45) is 1.77. The zero-order valence-corrected chi connectivity index (χ0v) is 32.7. The number of nitrogens with zero attached hydrogens (tertiary/aromatic N) is 3. The predicted molar refractivity (Wildman–Crippen MR) is 224 cm³/mol. The third-order valence-electron chi connectivity index (χ3n) is 10.4. The van der Waals surface area contributed by atoms with Gasteiger partial charge in [0.15, 0.2) is 5.66 Å². The summed E-state index contributed by atoms with van der Waals surface area (Å²) in [5, 5.41) is 5.06. The fraction of sp³-hybridized carbons (Fsp3) is 0.152. The molecule has 2 heterocycles. The van der Waals surface area contributed by atoms with E-state index in [1.165, 1.54) is 0 Å². The summed E-state index contributed by atoms with van der Waals surface area (Å²) in [5.74, 6) is 2.65. The van der Waals surface area contributed by atoms with E-state index in [-0.39, 0.29) is 0 Å². The average molecular weight is 782 g/mol. The summed E-state index contributed by atoms with van der Waals surface area (Å²) < 4.78 is 23.1. The maximum absolute atomic E-state index is 7.36. The van der Waals surface area contributed by atoms with E-state index in [1.54, 1.807) is 34.7 Å². The Kier molecular flexibility index (Phi) is 9.89. The molecule has 2 atom stereocenters. The van der Waals surface area contributed by atoms with Crippen LogP contribution in [-0.4, -0.2) is 46.1 Å². The SMILES string of the molecule is COc1cccc(C2=NC(c3ccccc3Cl)(C3(c4ccccc4Cl)N=C(c4cccc(OC)c4)C(c4cccc(OC)c4)(c4cccc(OC)c4)N3)N=C2)c1. The number of aliphatic imine (C=N–C) groups is 3. The van der Waals surface area contributed by atoms with Crippen LogP contribution in [0.5, 0.6) is 23.0 Å². The Hall–Kier alpha value is -5.93. The van der Waals surface area contributed by atoms with Crippen LogP contribution in [0.15, 0.2) is 161 Å². The second-order valence-electron chi connectivity index (χ2n) is 13.4. The van der Waals surface area contributed by atoms with Gasteiger partial charge in [-0.1, -0.05) is 108 Å². The third kappa shape index (κ3) is 6.01. The summed E-state index contributed by atoms with van der Waals surface area (Å²) >= 11 is 14.6. The van der Waals surface area contributed by atoms with Crippen LogP contribution in [0.1, 0.15) is 33.4 Å². The molecule has 0 aromatic heterocycles. The van der Waals surface area contributed by atoms with E-state index < -0.39 is 16.9 Å². The molecule has 0 bridgehead atoms. The van der Waals surface area contributed by atoms with Gasteiger partial charge in [0.2, 0.25) is 5.66 Å². The second kappa shape index (κ2) is 15.0. The quantitative estimate of drug-likeness (QED) is 0.142. The molecule has 10 heteroatoms. The molecule has 56 heavy (non-hydrogen) atoms. The molecule has 0 fully saturated rings. The Labute approximate surface area is 336 Å². The molecule has 0 saturated carbocycles. The van der Waals surface area contributed by atoms with Gasteiger partial charge in [0.05, 0.1) is 46.1 Å². The summed E-state index contributed by atoms with van der Waals surface area (Å²) in [6.45, 7) is 0.